The molecule has 2 aromatic rings. The van der Waals surface area contributed by atoms with Crippen LogP contribution < -0.4 is 5.32 Å². The zero-order valence-electron chi connectivity index (χ0n) is 13.6. The molecule has 24 heavy (non-hydrogen) atoms. The zero-order valence-corrected chi connectivity index (χ0v) is 13.6. The Kier molecular flexibility index (Phi) is 6.31. The summed E-state index contributed by atoms with van der Waals surface area (Å²) >= 11 is 0. The first-order valence-corrected chi connectivity index (χ1v) is 7.82. The maximum Gasteiger partial charge on any atom is 0.269 e. The minimum atomic E-state index is -0.426. The van der Waals surface area contributed by atoms with Crippen LogP contribution in [0.1, 0.15) is 18.4 Å². The van der Waals surface area contributed by atoms with E-state index in [0.717, 1.165) is 11.3 Å². The van der Waals surface area contributed by atoms with Crippen molar-refractivity contribution in [1.29, 1.82) is 0 Å². The fraction of sp³-hybridized carbons (Fsp3) is 0.278. The van der Waals surface area contributed by atoms with Crippen LogP contribution in [0.15, 0.2) is 54.6 Å². The zero-order chi connectivity index (χ0) is 17.4. The third-order valence-corrected chi connectivity index (χ3v) is 3.66. The summed E-state index contributed by atoms with van der Waals surface area (Å²) in [6.07, 6.45) is 1.16. The number of nitro groups is 1. The van der Waals surface area contributed by atoms with Crippen molar-refractivity contribution in [3.05, 3.63) is 70.3 Å². The van der Waals surface area contributed by atoms with Gasteiger partial charge >= 0.3 is 0 Å². The van der Waals surface area contributed by atoms with Gasteiger partial charge in [0.25, 0.3) is 5.69 Å². The Morgan fingerprint density at radius 2 is 1.79 bits per heavy atom. The summed E-state index contributed by atoms with van der Waals surface area (Å²) in [5, 5.41) is 13.7. The van der Waals surface area contributed by atoms with Crippen LogP contribution >= 0.6 is 0 Å². The number of rotatable bonds is 8. The second kappa shape index (κ2) is 8.67. The van der Waals surface area contributed by atoms with E-state index in [2.05, 4.69) is 5.32 Å². The van der Waals surface area contributed by atoms with Crippen molar-refractivity contribution in [2.45, 2.75) is 19.4 Å². The SMILES string of the molecule is CN(Cc1ccccc1)C(=O)CCCNc1ccc([N+](=O)[O-])cc1. The smallest absolute Gasteiger partial charge is 0.269 e. The van der Waals surface area contributed by atoms with Gasteiger partial charge < -0.3 is 10.2 Å². The molecule has 2 aromatic carbocycles. The number of hydrogen-bond acceptors (Lipinski definition) is 4. The topological polar surface area (TPSA) is 75.5 Å². The molecule has 0 fully saturated rings. The lowest BCUT2D eigenvalue weighted by Crippen LogP contribution is -2.26. The van der Waals surface area contributed by atoms with Crippen molar-refractivity contribution in [3.63, 3.8) is 0 Å². The number of hydrogen-bond donors (Lipinski definition) is 1. The lowest BCUT2D eigenvalue weighted by Gasteiger charge is -2.17. The Hall–Kier alpha value is -2.89. The van der Waals surface area contributed by atoms with Gasteiger partial charge in [-0.3, -0.25) is 14.9 Å². The van der Waals surface area contributed by atoms with Crippen molar-refractivity contribution in [3.8, 4) is 0 Å². The van der Waals surface area contributed by atoms with Crippen LogP contribution in [0.25, 0.3) is 0 Å². The lowest BCUT2D eigenvalue weighted by molar-refractivity contribution is -0.384. The van der Waals surface area contributed by atoms with Crippen molar-refractivity contribution in [2.75, 3.05) is 18.9 Å². The molecule has 1 N–H and O–H groups in total. The highest BCUT2D eigenvalue weighted by molar-refractivity contribution is 5.75. The maximum absolute atomic E-state index is 12.1. The number of non-ortho nitro benzene ring substituents is 1. The summed E-state index contributed by atoms with van der Waals surface area (Å²) in [6.45, 7) is 1.25. The van der Waals surface area contributed by atoms with Crippen LogP contribution in [0.3, 0.4) is 0 Å². The number of amides is 1. The van der Waals surface area contributed by atoms with Gasteiger partial charge in [-0.05, 0) is 24.1 Å². The molecule has 1 amide bonds. The highest BCUT2D eigenvalue weighted by atomic mass is 16.6. The molecular formula is C18H21N3O3. The van der Waals surface area contributed by atoms with Crippen LogP contribution in [0.4, 0.5) is 11.4 Å². The molecule has 6 nitrogen and oxygen atoms in total. The van der Waals surface area contributed by atoms with E-state index in [4.69, 9.17) is 0 Å². The van der Waals surface area contributed by atoms with Gasteiger partial charge in [-0.1, -0.05) is 30.3 Å². The van der Waals surface area contributed by atoms with Gasteiger partial charge in [-0.15, -0.1) is 0 Å². The lowest BCUT2D eigenvalue weighted by atomic mass is 10.2. The third-order valence-electron chi connectivity index (χ3n) is 3.66. The first-order valence-electron chi connectivity index (χ1n) is 7.82. The van der Waals surface area contributed by atoms with Gasteiger partial charge in [0.2, 0.25) is 5.91 Å². The highest BCUT2D eigenvalue weighted by Crippen LogP contribution is 2.15. The first kappa shape index (κ1) is 17.5. The molecule has 0 bridgehead atoms. The maximum atomic E-state index is 12.1. The van der Waals surface area contributed by atoms with E-state index in [1.807, 2.05) is 30.3 Å². The number of carbonyl (C=O) groups excluding carboxylic acids is 1. The van der Waals surface area contributed by atoms with Crippen LogP contribution in [0, 0.1) is 10.1 Å². The molecule has 0 aliphatic rings. The molecule has 0 saturated heterocycles. The molecule has 0 aromatic heterocycles. The van der Waals surface area contributed by atoms with Crippen LogP contribution in [-0.4, -0.2) is 29.3 Å². The average molecular weight is 327 g/mol. The molecule has 0 heterocycles. The predicted molar refractivity (Wildman–Crippen MR) is 93.7 cm³/mol. The Balaban J connectivity index is 1.69. The van der Waals surface area contributed by atoms with Gasteiger partial charge in [0.1, 0.15) is 0 Å². The Morgan fingerprint density at radius 1 is 1.12 bits per heavy atom. The molecule has 6 heteroatoms. The van der Waals surface area contributed by atoms with Gasteiger partial charge in [-0.2, -0.15) is 0 Å². The molecular weight excluding hydrogens is 306 g/mol. The molecule has 0 saturated carbocycles. The Morgan fingerprint density at radius 3 is 2.42 bits per heavy atom. The van der Waals surface area contributed by atoms with E-state index in [0.29, 0.717) is 25.9 Å². The van der Waals surface area contributed by atoms with Gasteiger partial charge in [0.05, 0.1) is 4.92 Å². The summed E-state index contributed by atoms with van der Waals surface area (Å²) in [4.78, 5) is 24.0. The van der Waals surface area contributed by atoms with Gasteiger partial charge in [-0.25, -0.2) is 0 Å². The molecule has 0 spiro atoms. The average Bonchev–Trinajstić information content (AvgIpc) is 2.59. The van der Waals surface area contributed by atoms with E-state index in [1.54, 1.807) is 24.1 Å². The summed E-state index contributed by atoms with van der Waals surface area (Å²) in [5.41, 5.74) is 1.99. The highest BCUT2D eigenvalue weighted by Gasteiger charge is 2.09. The molecule has 0 atom stereocenters. The second-order valence-corrected chi connectivity index (χ2v) is 5.57. The summed E-state index contributed by atoms with van der Waals surface area (Å²) in [7, 11) is 1.80. The van der Waals surface area contributed by atoms with Crippen molar-refractivity contribution < 1.29 is 9.72 Å². The molecule has 0 aliphatic heterocycles. The Labute approximate surface area is 141 Å². The van der Waals surface area contributed by atoms with E-state index in [1.165, 1.54) is 12.1 Å². The molecule has 126 valence electrons. The van der Waals surface area contributed by atoms with Gasteiger partial charge in [0.15, 0.2) is 0 Å². The normalized spacial score (nSPS) is 10.2. The molecule has 0 aliphatic carbocycles. The number of nitrogens with zero attached hydrogens (tertiary/aromatic N) is 2. The van der Waals surface area contributed by atoms with E-state index in [-0.39, 0.29) is 11.6 Å². The standard InChI is InChI=1S/C18H21N3O3/c1-20(14-15-6-3-2-4-7-15)18(22)8-5-13-19-16-9-11-17(12-10-16)21(23)24/h2-4,6-7,9-12,19H,5,8,13-14H2,1H3. The number of benzene rings is 2. The van der Waals surface area contributed by atoms with Crippen molar-refractivity contribution >= 4 is 17.3 Å². The molecule has 2 rings (SSSR count). The second-order valence-electron chi connectivity index (χ2n) is 5.57. The number of nitrogens with one attached hydrogen (secondary N) is 1. The van der Waals surface area contributed by atoms with E-state index < -0.39 is 4.92 Å². The van der Waals surface area contributed by atoms with Crippen LogP contribution in [0.5, 0.6) is 0 Å². The van der Waals surface area contributed by atoms with Gasteiger partial charge in [0, 0.05) is 44.4 Å². The fourth-order valence-electron chi connectivity index (χ4n) is 2.31. The minimum absolute atomic E-state index is 0.0678. The first-order chi connectivity index (χ1) is 11.6. The van der Waals surface area contributed by atoms with E-state index in [9.17, 15) is 14.9 Å². The summed E-state index contributed by atoms with van der Waals surface area (Å²) in [5.74, 6) is 0.101. The van der Waals surface area contributed by atoms with E-state index >= 15 is 0 Å². The minimum Gasteiger partial charge on any atom is -0.385 e. The van der Waals surface area contributed by atoms with Crippen molar-refractivity contribution in [1.82, 2.24) is 4.90 Å². The largest absolute Gasteiger partial charge is 0.385 e. The predicted octanol–water partition coefficient (Wildman–Crippen LogP) is 3.45. The fourth-order valence-corrected chi connectivity index (χ4v) is 2.31. The monoisotopic (exact) mass is 327 g/mol. The number of nitro benzene ring substituents is 1. The molecule has 0 unspecified atom stereocenters. The van der Waals surface area contributed by atoms with Crippen LogP contribution in [0.2, 0.25) is 0 Å². The third kappa shape index (κ3) is 5.39. The number of carbonyl (C=O) groups is 1. The summed E-state index contributed by atoms with van der Waals surface area (Å²) < 4.78 is 0. The number of anilines is 1. The van der Waals surface area contributed by atoms with Crippen LogP contribution in [-0.2, 0) is 11.3 Å². The Bertz CT molecular complexity index is 672. The molecule has 0 radical (unpaired) electrons. The quantitative estimate of drug-likeness (QED) is 0.458. The van der Waals surface area contributed by atoms with Crippen molar-refractivity contribution in [2.24, 2.45) is 0 Å². The summed E-state index contributed by atoms with van der Waals surface area (Å²) in [6, 6.07) is 16.1.